The maximum Gasteiger partial charge on any atom is 0.270 e. The molecule has 0 spiro atoms. The predicted octanol–water partition coefficient (Wildman–Crippen LogP) is 3.41. The molecular formula is C21H24N4O2. The first-order valence-corrected chi connectivity index (χ1v) is 9.04. The fourth-order valence-corrected chi connectivity index (χ4v) is 3.07. The number of rotatable bonds is 6. The molecule has 1 aromatic carbocycles. The summed E-state index contributed by atoms with van der Waals surface area (Å²) in [5, 5.41) is 5.76. The van der Waals surface area contributed by atoms with E-state index < -0.39 is 0 Å². The molecule has 0 saturated heterocycles. The molecule has 0 bridgehead atoms. The SMILES string of the molecule is Cc1cccc(NC(=O)CCCNC(=O)c2c(C)nc3c(C)cccn23)c1. The molecule has 2 N–H and O–H groups in total. The van der Waals surface area contributed by atoms with Gasteiger partial charge in [0, 0.05) is 24.8 Å². The zero-order chi connectivity index (χ0) is 19.4. The van der Waals surface area contributed by atoms with Gasteiger partial charge in [-0.05, 0) is 56.5 Å². The van der Waals surface area contributed by atoms with Crippen molar-refractivity contribution in [3.63, 3.8) is 0 Å². The third-order valence-corrected chi connectivity index (χ3v) is 4.40. The van der Waals surface area contributed by atoms with Crippen molar-refractivity contribution < 1.29 is 9.59 Å². The third kappa shape index (κ3) is 4.34. The number of aryl methyl sites for hydroxylation is 3. The average molecular weight is 364 g/mol. The van der Waals surface area contributed by atoms with Gasteiger partial charge in [-0.3, -0.25) is 14.0 Å². The molecule has 0 fully saturated rings. The summed E-state index contributed by atoms with van der Waals surface area (Å²) in [5.41, 5.74) is 4.93. The van der Waals surface area contributed by atoms with E-state index in [0.29, 0.717) is 30.8 Å². The number of benzene rings is 1. The van der Waals surface area contributed by atoms with Crippen LogP contribution in [0.1, 0.15) is 40.2 Å². The Hall–Kier alpha value is -3.15. The number of imidazole rings is 1. The van der Waals surface area contributed by atoms with Gasteiger partial charge < -0.3 is 10.6 Å². The Labute approximate surface area is 158 Å². The van der Waals surface area contributed by atoms with E-state index in [1.807, 2.05) is 67.8 Å². The summed E-state index contributed by atoms with van der Waals surface area (Å²) in [6.07, 6.45) is 2.75. The number of anilines is 1. The van der Waals surface area contributed by atoms with E-state index in [-0.39, 0.29) is 11.8 Å². The van der Waals surface area contributed by atoms with Gasteiger partial charge in [0.05, 0.1) is 5.69 Å². The number of hydrogen-bond donors (Lipinski definition) is 2. The molecule has 140 valence electrons. The molecule has 27 heavy (non-hydrogen) atoms. The molecule has 6 heteroatoms. The van der Waals surface area contributed by atoms with Gasteiger partial charge in [-0.25, -0.2) is 4.98 Å². The zero-order valence-electron chi connectivity index (χ0n) is 15.9. The van der Waals surface area contributed by atoms with E-state index in [9.17, 15) is 9.59 Å². The Morgan fingerprint density at radius 1 is 1.11 bits per heavy atom. The van der Waals surface area contributed by atoms with Crippen LogP contribution in [0.2, 0.25) is 0 Å². The summed E-state index contributed by atoms with van der Waals surface area (Å²) in [6.45, 7) is 6.21. The maximum absolute atomic E-state index is 12.6. The maximum atomic E-state index is 12.6. The van der Waals surface area contributed by atoms with Crippen LogP contribution in [0, 0.1) is 20.8 Å². The van der Waals surface area contributed by atoms with Crippen molar-refractivity contribution in [3.05, 3.63) is 65.1 Å². The van der Waals surface area contributed by atoms with Gasteiger partial charge in [0.1, 0.15) is 11.3 Å². The molecule has 0 aliphatic carbocycles. The van der Waals surface area contributed by atoms with Crippen molar-refractivity contribution in [2.75, 3.05) is 11.9 Å². The lowest BCUT2D eigenvalue weighted by Crippen LogP contribution is -2.27. The average Bonchev–Trinajstić information content (AvgIpc) is 2.96. The van der Waals surface area contributed by atoms with Crippen LogP contribution >= 0.6 is 0 Å². The Morgan fingerprint density at radius 2 is 1.93 bits per heavy atom. The van der Waals surface area contributed by atoms with Gasteiger partial charge in [-0.15, -0.1) is 0 Å². The number of carbonyl (C=O) groups excluding carboxylic acids is 2. The number of hydrogen-bond acceptors (Lipinski definition) is 3. The Balaban J connectivity index is 1.52. The first kappa shape index (κ1) is 18.6. The van der Waals surface area contributed by atoms with Gasteiger partial charge in [0.25, 0.3) is 5.91 Å². The molecule has 2 amide bonds. The summed E-state index contributed by atoms with van der Waals surface area (Å²) in [4.78, 5) is 29.1. The second-order valence-electron chi connectivity index (χ2n) is 6.71. The summed E-state index contributed by atoms with van der Waals surface area (Å²) in [7, 11) is 0. The number of nitrogens with zero attached hydrogens (tertiary/aromatic N) is 2. The lowest BCUT2D eigenvalue weighted by molar-refractivity contribution is -0.116. The second-order valence-corrected chi connectivity index (χ2v) is 6.71. The smallest absolute Gasteiger partial charge is 0.270 e. The number of carbonyl (C=O) groups is 2. The van der Waals surface area contributed by atoms with Crippen molar-refractivity contribution >= 4 is 23.1 Å². The van der Waals surface area contributed by atoms with Crippen LogP contribution in [0.5, 0.6) is 0 Å². The van der Waals surface area contributed by atoms with Gasteiger partial charge in [0.2, 0.25) is 5.91 Å². The molecule has 3 aromatic rings. The van der Waals surface area contributed by atoms with E-state index in [1.54, 1.807) is 0 Å². The molecule has 0 atom stereocenters. The van der Waals surface area contributed by atoms with Crippen LogP contribution in [0.3, 0.4) is 0 Å². The van der Waals surface area contributed by atoms with Crippen LogP contribution in [0.4, 0.5) is 5.69 Å². The fraction of sp³-hybridized carbons (Fsp3) is 0.286. The molecule has 0 saturated carbocycles. The van der Waals surface area contributed by atoms with Crippen LogP contribution in [-0.2, 0) is 4.79 Å². The minimum Gasteiger partial charge on any atom is -0.351 e. The first-order valence-electron chi connectivity index (χ1n) is 9.04. The molecule has 0 radical (unpaired) electrons. The summed E-state index contributed by atoms with van der Waals surface area (Å²) < 4.78 is 1.81. The molecule has 0 unspecified atom stereocenters. The Bertz CT molecular complexity index is 991. The third-order valence-electron chi connectivity index (χ3n) is 4.40. The van der Waals surface area contributed by atoms with E-state index in [4.69, 9.17) is 0 Å². The minimum atomic E-state index is -0.176. The molecule has 3 rings (SSSR count). The lowest BCUT2D eigenvalue weighted by Gasteiger charge is -2.08. The minimum absolute atomic E-state index is 0.0588. The van der Waals surface area contributed by atoms with Crippen molar-refractivity contribution in [3.8, 4) is 0 Å². The topological polar surface area (TPSA) is 75.5 Å². The molecule has 0 aliphatic rings. The normalized spacial score (nSPS) is 10.8. The standard InChI is InChI=1S/C21H24N4O2/c1-14-7-4-9-17(13-14)24-18(26)10-5-11-22-21(27)19-16(3)23-20-15(2)8-6-12-25(19)20/h4,6-9,12-13H,5,10-11H2,1-3H3,(H,22,27)(H,24,26). The monoisotopic (exact) mass is 364 g/mol. The number of pyridine rings is 1. The number of nitrogens with one attached hydrogen (secondary N) is 2. The van der Waals surface area contributed by atoms with Crippen molar-refractivity contribution in [1.82, 2.24) is 14.7 Å². The van der Waals surface area contributed by atoms with Crippen molar-refractivity contribution in [2.45, 2.75) is 33.6 Å². The van der Waals surface area contributed by atoms with E-state index in [0.717, 1.165) is 22.5 Å². The number of aromatic nitrogens is 2. The predicted molar refractivity (Wildman–Crippen MR) is 106 cm³/mol. The van der Waals surface area contributed by atoms with Gasteiger partial charge in [-0.2, -0.15) is 0 Å². The second kappa shape index (κ2) is 8.03. The first-order chi connectivity index (χ1) is 13.0. The van der Waals surface area contributed by atoms with Gasteiger partial charge in [-0.1, -0.05) is 18.2 Å². The zero-order valence-corrected chi connectivity index (χ0v) is 15.9. The lowest BCUT2D eigenvalue weighted by atomic mass is 10.2. The Kier molecular flexibility index (Phi) is 5.54. The van der Waals surface area contributed by atoms with Crippen LogP contribution in [0.25, 0.3) is 5.65 Å². The fourth-order valence-electron chi connectivity index (χ4n) is 3.07. The highest BCUT2D eigenvalue weighted by Gasteiger charge is 2.17. The van der Waals surface area contributed by atoms with Crippen molar-refractivity contribution in [1.29, 1.82) is 0 Å². The Morgan fingerprint density at radius 3 is 2.70 bits per heavy atom. The summed E-state index contributed by atoms with van der Waals surface area (Å²) in [5.74, 6) is -0.235. The van der Waals surface area contributed by atoms with Crippen LogP contribution < -0.4 is 10.6 Å². The van der Waals surface area contributed by atoms with Gasteiger partial charge >= 0.3 is 0 Å². The molecule has 0 aliphatic heterocycles. The van der Waals surface area contributed by atoms with E-state index in [1.165, 1.54) is 0 Å². The quantitative estimate of drug-likeness (QED) is 0.658. The van der Waals surface area contributed by atoms with Crippen LogP contribution in [-0.4, -0.2) is 27.7 Å². The van der Waals surface area contributed by atoms with Crippen LogP contribution in [0.15, 0.2) is 42.6 Å². The highest BCUT2D eigenvalue weighted by Crippen LogP contribution is 2.15. The van der Waals surface area contributed by atoms with E-state index >= 15 is 0 Å². The molecule has 6 nitrogen and oxygen atoms in total. The van der Waals surface area contributed by atoms with Crippen molar-refractivity contribution in [2.24, 2.45) is 0 Å². The highest BCUT2D eigenvalue weighted by molar-refractivity contribution is 5.95. The van der Waals surface area contributed by atoms with Gasteiger partial charge in [0.15, 0.2) is 0 Å². The number of amides is 2. The summed E-state index contributed by atoms with van der Waals surface area (Å²) >= 11 is 0. The summed E-state index contributed by atoms with van der Waals surface area (Å²) in [6, 6.07) is 11.5. The highest BCUT2D eigenvalue weighted by atomic mass is 16.2. The largest absolute Gasteiger partial charge is 0.351 e. The molecule has 2 heterocycles. The molecular weight excluding hydrogens is 340 g/mol. The van der Waals surface area contributed by atoms with E-state index in [2.05, 4.69) is 15.6 Å². The molecule has 2 aromatic heterocycles. The number of fused-ring (bicyclic) bond motifs is 1.